The van der Waals surface area contributed by atoms with E-state index >= 15 is 0 Å². The minimum atomic E-state index is -1.25. The Labute approximate surface area is 113 Å². The standard InChI is InChI=1S/C15H13FO2S/c16-14-8-6-13(7-9-14)15(17)11-19(18)10-12-4-2-1-3-5-12/h1-9H,10-11H2. The third-order valence-corrected chi connectivity index (χ3v) is 3.87. The molecule has 0 bridgehead atoms. The molecule has 0 aliphatic heterocycles. The number of halogens is 1. The highest BCUT2D eigenvalue weighted by molar-refractivity contribution is 7.85. The van der Waals surface area contributed by atoms with Crippen molar-refractivity contribution in [3.05, 3.63) is 71.5 Å². The van der Waals surface area contributed by atoms with Crippen LogP contribution in [0.15, 0.2) is 54.6 Å². The summed E-state index contributed by atoms with van der Waals surface area (Å²) in [5, 5.41) is 0. The van der Waals surface area contributed by atoms with E-state index in [1.165, 1.54) is 24.3 Å². The first-order chi connectivity index (χ1) is 9.15. The zero-order valence-electron chi connectivity index (χ0n) is 10.2. The Morgan fingerprint density at radius 3 is 2.26 bits per heavy atom. The summed E-state index contributed by atoms with van der Waals surface area (Å²) in [6, 6.07) is 14.7. The number of carbonyl (C=O) groups is 1. The zero-order valence-corrected chi connectivity index (χ0v) is 11.0. The van der Waals surface area contributed by atoms with Crippen LogP contribution in [0.1, 0.15) is 15.9 Å². The van der Waals surface area contributed by atoms with Gasteiger partial charge in [0, 0.05) is 22.1 Å². The normalized spacial score (nSPS) is 12.1. The number of Topliss-reactive ketones (excluding diaryl/α,β-unsaturated/α-hetero) is 1. The largest absolute Gasteiger partial charge is 0.293 e. The van der Waals surface area contributed by atoms with Crippen LogP contribution in [0.2, 0.25) is 0 Å². The van der Waals surface area contributed by atoms with Crippen molar-refractivity contribution in [2.24, 2.45) is 0 Å². The molecule has 2 aromatic carbocycles. The van der Waals surface area contributed by atoms with Gasteiger partial charge in [0.15, 0.2) is 5.78 Å². The summed E-state index contributed by atoms with van der Waals surface area (Å²) in [7, 11) is -1.25. The third kappa shape index (κ3) is 4.10. The molecule has 2 rings (SSSR count). The Hall–Kier alpha value is -1.81. The topological polar surface area (TPSA) is 34.1 Å². The lowest BCUT2D eigenvalue weighted by atomic mass is 10.1. The Morgan fingerprint density at radius 2 is 1.63 bits per heavy atom. The van der Waals surface area contributed by atoms with Gasteiger partial charge in [-0.3, -0.25) is 9.00 Å². The fourth-order valence-corrected chi connectivity index (χ4v) is 2.80. The average Bonchev–Trinajstić information content (AvgIpc) is 2.40. The van der Waals surface area contributed by atoms with Crippen LogP contribution in [-0.4, -0.2) is 15.7 Å². The summed E-state index contributed by atoms with van der Waals surface area (Å²) in [5.74, 6) is -0.301. The number of rotatable bonds is 5. The fraction of sp³-hybridized carbons (Fsp3) is 0.133. The monoisotopic (exact) mass is 276 g/mol. The number of hydrogen-bond acceptors (Lipinski definition) is 2. The molecule has 2 nitrogen and oxygen atoms in total. The summed E-state index contributed by atoms with van der Waals surface area (Å²) in [4.78, 5) is 11.8. The molecule has 0 amide bonds. The first-order valence-electron chi connectivity index (χ1n) is 5.83. The Kier molecular flexibility index (Phi) is 4.58. The quantitative estimate of drug-likeness (QED) is 0.787. The van der Waals surface area contributed by atoms with Gasteiger partial charge in [-0.2, -0.15) is 0 Å². The molecule has 1 atom stereocenters. The smallest absolute Gasteiger partial charge is 0.175 e. The predicted molar refractivity (Wildman–Crippen MR) is 73.9 cm³/mol. The molecule has 98 valence electrons. The highest BCUT2D eigenvalue weighted by Crippen LogP contribution is 2.07. The maximum absolute atomic E-state index is 12.7. The van der Waals surface area contributed by atoms with E-state index in [2.05, 4.69) is 0 Å². The first kappa shape index (κ1) is 13.6. The summed E-state index contributed by atoms with van der Waals surface area (Å²) in [6.07, 6.45) is 0. The highest BCUT2D eigenvalue weighted by atomic mass is 32.2. The molecule has 0 aliphatic rings. The minimum Gasteiger partial charge on any atom is -0.293 e. The lowest BCUT2D eigenvalue weighted by molar-refractivity contribution is 0.102. The second kappa shape index (κ2) is 6.38. The van der Waals surface area contributed by atoms with Crippen molar-refractivity contribution >= 4 is 16.6 Å². The second-order valence-corrected chi connectivity index (χ2v) is 5.60. The Balaban J connectivity index is 1.95. The summed E-state index contributed by atoms with van der Waals surface area (Å²) in [6.45, 7) is 0. The Bertz CT molecular complexity index is 579. The van der Waals surface area contributed by atoms with Gasteiger partial charge in [-0.25, -0.2) is 4.39 Å². The summed E-state index contributed by atoms with van der Waals surface area (Å²) < 4.78 is 24.6. The maximum atomic E-state index is 12.7. The van der Waals surface area contributed by atoms with Gasteiger partial charge in [-0.05, 0) is 29.8 Å². The lowest BCUT2D eigenvalue weighted by Crippen LogP contribution is -2.12. The molecule has 1 unspecified atom stereocenters. The van der Waals surface area contributed by atoms with Crippen LogP contribution in [0.5, 0.6) is 0 Å². The van der Waals surface area contributed by atoms with E-state index in [0.717, 1.165) is 5.56 Å². The molecule has 0 N–H and O–H groups in total. The van der Waals surface area contributed by atoms with Gasteiger partial charge >= 0.3 is 0 Å². The molecule has 0 aliphatic carbocycles. The Morgan fingerprint density at radius 1 is 1.00 bits per heavy atom. The van der Waals surface area contributed by atoms with Gasteiger partial charge < -0.3 is 0 Å². The molecule has 0 radical (unpaired) electrons. The second-order valence-electron chi connectivity index (χ2n) is 4.14. The van der Waals surface area contributed by atoms with Crippen molar-refractivity contribution < 1.29 is 13.4 Å². The van der Waals surface area contributed by atoms with Crippen LogP contribution in [0.3, 0.4) is 0 Å². The van der Waals surface area contributed by atoms with Crippen LogP contribution in [0, 0.1) is 5.82 Å². The van der Waals surface area contributed by atoms with E-state index in [-0.39, 0.29) is 17.4 Å². The number of hydrogen-bond donors (Lipinski definition) is 0. The predicted octanol–water partition coefficient (Wildman–Crippen LogP) is 2.96. The van der Waals surface area contributed by atoms with E-state index in [1.54, 1.807) is 0 Å². The number of carbonyl (C=O) groups excluding carboxylic acids is 1. The number of benzene rings is 2. The molecule has 0 heterocycles. The SMILES string of the molecule is O=C(CS(=O)Cc1ccccc1)c1ccc(F)cc1. The van der Waals surface area contributed by atoms with Crippen molar-refractivity contribution in [1.82, 2.24) is 0 Å². The molecule has 0 saturated carbocycles. The maximum Gasteiger partial charge on any atom is 0.175 e. The fourth-order valence-electron chi connectivity index (χ4n) is 1.68. The van der Waals surface area contributed by atoms with E-state index in [1.807, 2.05) is 30.3 Å². The number of ketones is 1. The minimum absolute atomic E-state index is 0.0411. The molecule has 2 aromatic rings. The third-order valence-electron chi connectivity index (χ3n) is 2.63. The van der Waals surface area contributed by atoms with Crippen LogP contribution < -0.4 is 0 Å². The van der Waals surface area contributed by atoms with Crippen molar-refractivity contribution in [2.45, 2.75) is 5.75 Å². The van der Waals surface area contributed by atoms with Crippen LogP contribution in [0.25, 0.3) is 0 Å². The van der Waals surface area contributed by atoms with Crippen LogP contribution in [0.4, 0.5) is 4.39 Å². The van der Waals surface area contributed by atoms with Crippen LogP contribution in [-0.2, 0) is 16.6 Å². The van der Waals surface area contributed by atoms with Gasteiger partial charge in [-0.15, -0.1) is 0 Å². The van der Waals surface area contributed by atoms with Gasteiger partial charge in [0.2, 0.25) is 0 Å². The summed E-state index contributed by atoms with van der Waals surface area (Å²) in [5.41, 5.74) is 1.33. The molecule has 4 heteroatoms. The van der Waals surface area contributed by atoms with E-state index in [4.69, 9.17) is 0 Å². The first-order valence-corrected chi connectivity index (χ1v) is 7.31. The van der Waals surface area contributed by atoms with Crippen LogP contribution >= 0.6 is 0 Å². The average molecular weight is 276 g/mol. The lowest BCUT2D eigenvalue weighted by Gasteiger charge is -2.02. The van der Waals surface area contributed by atoms with E-state index < -0.39 is 10.8 Å². The van der Waals surface area contributed by atoms with Gasteiger partial charge in [0.05, 0.1) is 5.75 Å². The van der Waals surface area contributed by atoms with E-state index in [0.29, 0.717) is 11.3 Å². The molecule has 0 fully saturated rings. The van der Waals surface area contributed by atoms with Crippen molar-refractivity contribution in [2.75, 3.05) is 5.75 Å². The summed E-state index contributed by atoms with van der Waals surface area (Å²) >= 11 is 0. The van der Waals surface area contributed by atoms with E-state index in [9.17, 15) is 13.4 Å². The molecule has 0 spiro atoms. The zero-order chi connectivity index (χ0) is 13.7. The molecular weight excluding hydrogens is 263 g/mol. The van der Waals surface area contributed by atoms with Gasteiger partial charge in [0.25, 0.3) is 0 Å². The van der Waals surface area contributed by atoms with Crippen molar-refractivity contribution in [3.8, 4) is 0 Å². The van der Waals surface area contributed by atoms with Gasteiger partial charge in [-0.1, -0.05) is 30.3 Å². The molecular formula is C15H13FO2S. The highest BCUT2D eigenvalue weighted by Gasteiger charge is 2.11. The molecule has 19 heavy (non-hydrogen) atoms. The molecule has 0 saturated heterocycles. The van der Waals surface area contributed by atoms with Crippen molar-refractivity contribution in [1.29, 1.82) is 0 Å². The van der Waals surface area contributed by atoms with Gasteiger partial charge in [0.1, 0.15) is 5.82 Å². The molecule has 0 aromatic heterocycles. The van der Waals surface area contributed by atoms with Crippen molar-refractivity contribution in [3.63, 3.8) is 0 Å².